The van der Waals surface area contributed by atoms with Gasteiger partial charge in [-0.2, -0.15) is 0 Å². The Bertz CT molecular complexity index is 1030. The van der Waals surface area contributed by atoms with Gasteiger partial charge in [0.1, 0.15) is 0 Å². The maximum absolute atomic E-state index is 13.3. The van der Waals surface area contributed by atoms with Gasteiger partial charge in [-0.15, -0.1) is 0 Å². The van der Waals surface area contributed by atoms with E-state index in [2.05, 4.69) is 5.16 Å². The number of ether oxygens (including phenoxy) is 2. The monoisotopic (exact) mass is 394 g/mol. The number of methoxy groups -OCH3 is 2. The number of anilines is 1. The molecule has 29 heavy (non-hydrogen) atoms. The molecular weight excluding hydrogens is 372 g/mol. The van der Waals surface area contributed by atoms with Gasteiger partial charge in [-0.25, -0.2) is 4.90 Å². The normalized spacial score (nSPS) is 20.8. The highest BCUT2D eigenvalue weighted by Gasteiger charge is 2.58. The zero-order valence-electron chi connectivity index (χ0n) is 16.8. The van der Waals surface area contributed by atoms with Crippen molar-refractivity contribution in [2.45, 2.75) is 32.3 Å². The van der Waals surface area contributed by atoms with E-state index in [1.807, 2.05) is 38.1 Å². The summed E-state index contributed by atoms with van der Waals surface area (Å²) < 4.78 is 10.6. The lowest BCUT2D eigenvalue weighted by molar-refractivity contribution is -0.136. The Labute approximate surface area is 168 Å². The van der Waals surface area contributed by atoms with Gasteiger partial charge in [0.25, 0.3) is 5.91 Å². The quantitative estimate of drug-likeness (QED) is 0.745. The van der Waals surface area contributed by atoms with Crippen molar-refractivity contribution in [3.63, 3.8) is 0 Å². The zero-order chi connectivity index (χ0) is 20.8. The number of carbonyl (C=O) groups is 2. The second kappa shape index (κ2) is 6.92. The molecule has 4 rings (SSSR count). The van der Waals surface area contributed by atoms with Crippen LogP contribution in [-0.4, -0.2) is 37.3 Å². The molecule has 1 unspecified atom stereocenters. The Hall–Kier alpha value is -3.35. The van der Waals surface area contributed by atoms with Crippen LogP contribution in [0.3, 0.4) is 0 Å². The third kappa shape index (κ3) is 2.93. The fraction of sp³-hybridized carbons (Fsp3) is 0.318. The number of hydrogen-bond donors (Lipinski definition) is 0. The van der Waals surface area contributed by atoms with Crippen LogP contribution in [0, 0.1) is 13.8 Å². The summed E-state index contributed by atoms with van der Waals surface area (Å²) in [5.41, 5.74) is 2.41. The van der Waals surface area contributed by atoms with Gasteiger partial charge in [0, 0.05) is 12.0 Å². The summed E-state index contributed by atoms with van der Waals surface area (Å²) in [6.45, 7) is 3.77. The first kappa shape index (κ1) is 19.0. The molecule has 1 spiro atoms. The number of benzene rings is 2. The van der Waals surface area contributed by atoms with Crippen LogP contribution < -0.4 is 14.4 Å². The first-order valence-corrected chi connectivity index (χ1v) is 9.31. The van der Waals surface area contributed by atoms with E-state index in [4.69, 9.17) is 14.3 Å². The summed E-state index contributed by atoms with van der Waals surface area (Å²) in [7, 11) is 3.12. The number of aryl methyl sites for hydroxylation is 2. The third-order valence-corrected chi connectivity index (χ3v) is 5.44. The molecule has 0 bridgehead atoms. The lowest BCUT2D eigenvalue weighted by Gasteiger charge is -2.22. The minimum atomic E-state index is -1.30. The second-order valence-corrected chi connectivity index (χ2v) is 7.32. The summed E-state index contributed by atoms with van der Waals surface area (Å²) in [6, 6.07) is 11.0. The number of nitrogens with zero attached hydrogens (tertiary/aromatic N) is 2. The molecule has 2 aliphatic heterocycles. The highest BCUT2D eigenvalue weighted by atomic mass is 16.7. The van der Waals surface area contributed by atoms with Gasteiger partial charge in [-0.3, -0.25) is 9.59 Å². The maximum atomic E-state index is 13.3. The Morgan fingerprint density at radius 1 is 1.00 bits per heavy atom. The van der Waals surface area contributed by atoms with E-state index in [-0.39, 0.29) is 24.7 Å². The first-order chi connectivity index (χ1) is 13.9. The fourth-order valence-corrected chi connectivity index (χ4v) is 3.96. The van der Waals surface area contributed by atoms with Crippen LogP contribution >= 0.6 is 0 Å². The Morgan fingerprint density at radius 2 is 1.69 bits per heavy atom. The molecule has 150 valence electrons. The minimum Gasteiger partial charge on any atom is -0.493 e. The molecule has 0 aromatic heterocycles. The van der Waals surface area contributed by atoms with Crippen LogP contribution in [0.25, 0.3) is 0 Å². The molecule has 0 N–H and O–H groups in total. The third-order valence-electron chi connectivity index (χ3n) is 5.44. The van der Waals surface area contributed by atoms with E-state index >= 15 is 0 Å². The Kier molecular flexibility index (Phi) is 4.53. The molecule has 2 aliphatic rings. The van der Waals surface area contributed by atoms with E-state index in [1.54, 1.807) is 26.4 Å². The van der Waals surface area contributed by atoms with Crippen molar-refractivity contribution in [2.75, 3.05) is 19.1 Å². The number of para-hydroxylation sites is 1. The van der Waals surface area contributed by atoms with Gasteiger partial charge in [-0.05, 0) is 43.2 Å². The van der Waals surface area contributed by atoms with Crippen LogP contribution in [0.1, 0.15) is 29.5 Å². The van der Waals surface area contributed by atoms with E-state index in [0.29, 0.717) is 22.9 Å². The predicted molar refractivity (Wildman–Crippen MR) is 108 cm³/mol. The number of amides is 2. The highest BCUT2D eigenvalue weighted by molar-refractivity contribution is 6.26. The van der Waals surface area contributed by atoms with Gasteiger partial charge >= 0.3 is 0 Å². The second-order valence-electron chi connectivity index (χ2n) is 7.32. The molecule has 2 heterocycles. The van der Waals surface area contributed by atoms with E-state index < -0.39 is 5.60 Å². The smallest absolute Gasteiger partial charge is 0.281 e. The topological polar surface area (TPSA) is 77.4 Å². The van der Waals surface area contributed by atoms with Crippen LogP contribution in [0.15, 0.2) is 41.6 Å². The Balaban J connectivity index is 1.64. The predicted octanol–water partition coefficient (Wildman–Crippen LogP) is 3.15. The van der Waals surface area contributed by atoms with Crippen molar-refractivity contribution in [3.8, 4) is 11.5 Å². The summed E-state index contributed by atoms with van der Waals surface area (Å²) in [5.74, 6) is 0.494. The number of hydrogen-bond acceptors (Lipinski definition) is 6. The van der Waals surface area contributed by atoms with Crippen molar-refractivity contribution in [2.24, 2.45) is 5.16 Å². The molecule has 7 nitrogen and oxygen atoms in total. The van der Waals surface area contributed by atoms with Crippen molar-refractivity contribution in [1.82, 2.24) is 0 Å². The summed E-state index contributed by atoms with van der Waals surface area (Å²) in [6.07, 6.45) is 0.175. The van der Waals surface area contributed by atoms with Gasteiger partial charge in [0.05, 0.1) is 32.0 Å². The summed E-state index contributed by atoms with van der Waals surface area (Å²) in [4.78, 5) is 33.0. The van der Waals surface area contributed by atoms with Crippen LogP contribution in [0.2, 0.25) is 0 Å². The average Bonchev–Trinajstić information content (AvgIpc) is 3.24. The molecule has 2 aromatic rings. The molecule has 7 heteroatoms. The van der Waals surface area contributed by atoms with Gasteiger partial charge in [-0.1, -0.05) is 23.4 Å². The van der Waals surface area contributed by atoms with Crippen molar-refractivity contribution in [1.29, 1.82) is 0 Å². The molecule has 2 aromatic carbocycles. The molecule has 1 fully saturated rings. The molecule has 0 saturated carbocycles. The number of oxime groups is 1. The molecule has 2 amide bonds. The fourth-order valence-electron chi connectivity index (χ4n) is 3.96. The largest absolute Gasteiger partial charge is 0.493 e. The van der Waals surface area contributed by atoms with Crippen molar-refractivity contribution >= 4 is 23.2 Å². The highest BCUT2D eigenvalue weighted by Crippen LogP contribution is 2.41. The molecule has 0 radical (unpaired) electrons. The number of carbonyl (C=O) groups excluding carboxylic acids is 2. The van der Waals surface area contributed by atoms with Crippen LogP contribution in [-0.2, 0) is 14.4 Å². The molecule has 0 aliphatic carbocycles. The zero-order valence-corrected chi connectivity index (χ0v) is 16.8. The lowest BCUT2D eigenvalue weighted by Crippen LogP contribution is -2.41. The Morgan fingerprint density at radius 3 is 2.34 bits per heavy atom. The van der Waals surface area contributed by atoms with Crippen LogP contribution in [0.4, 0.5) is 5.69 Å². The lowest BCUT2D eigenvalue weighted by atomic mass is 9.92. The maximum Gasteiger partial charge on any atom is 0.281 e. The first-order valence-electron chi connectivity index (χ1n) is 9.31. The molecular formula is C22H22N2O5. The van der Waals surface area contributed by atoms with Gasteiger partial charge in [0.2, 0.25) is 11.5 Å². The SMILES string of the molecule is COc1ccc(C2=NOC3(CC(=O)N(c4c(C)cccc4C)C3=O)C2)cc1OC. The molecule has 1 atom stereocenters. The number of rotatable bonds is 4. The van der Waals surface area contributed by atoms with Crippen LogP contribution in [0.5, 0.6) is 11.5 Å². The van der Waals surface area contributed by atoms with E-state index in [0.717, 1.165) is 16.7 Å². The summed E-state index contributed by atoms with van der Waals surface area (Å²) in [5, 5.41) is 4.15. The standard InChI is InChI=1S/C22H22N2O5/c1-13-6-5-7-14(2)20(13)24-19(25)12-22(21(24)26)11-16(23-29-22)15-8-9-17(27-3)18(10-15)28-4/h5-10H,11-12H2,1-4H3. The van der Waals surface area contributed by atoms with Crippen molar-refractivity contribution < 1.29 is 23.9 Å². The van der Waals surface area contributed by atoms with Crippen molar-refractivity contribution in [3.05, 3.63) is 53.1 Å². The minimum absolute atomic E-state index is 0.0418. The average molecular weight is 394 g/mol. The van der Waals surface area contributed by atoms with E-state index in [9.17, 15) is 9.59 Å². The summed E-state index contributed by atoms with van der Waals surface area (Å²) >= 11 is 0. The number of imide groups is 1. The molecule has 1 saturated heterocycles. The van der Waals surface area contributed by atoms with E-state index in [1.165, 1.54) is 4.90 Å². The van der Waals surface area contributed by atoms with Gasteiger partial charge < -0.3 is 14.3 Å². The van der Waals surface area contributed by atoms with Gasteiger partial charge in [0.15, 0.2) is 11.5 Å².